The quantitative estimate of drug-likeness (QED) is 0.589. The highest BCUT2D eigenvalue weighted by Crippen LogP contribution is 2.27. The van der Waals surface area contributed by atoms with Gasteiger partial charge in [0.1, 0.15) is 16.2 Å². The van der Waals surface area contributed by atoms with Gasteiger partial charge in [0.15, 0.2) is 5.13 Å². The number of amides is 2. The van der Waals surface area contributed by atoms with Gasteiger partial charge in [0.25, 0.3) is 0 Å². The largest absolute Gasteiger partial charge is 0.381 e. The monoisotopic (exact) mass is 530 g/mol. The van der Waals surface area contributed by atoms with Crippen LogP contribution in [0, 0.1) is 11.7 Å². The molecule has 4 rings (SSSR count). The molecule has 34 heavy (non-hydrogen) atoms. The zero-order valence-corrected chi connectivity index (χ0v) is 20.5. The second-order valence-electron chi connectivity index (χ2n) is 8.15. The fourth-order valence-electron chi connectivity index (χ4n) is 4.13. The lowest BCUT2D eigenvalue weighted by molar-refractivity contribution is -0.142. The van der Waals surface area contributed by atoms with Gasteiger partial charge >= 0.3 is 0 Å². The molecule has 13 heteroatoms. The molecule has 9 nitrogen and oxygen atoms in total. The smallest absolute Gasteiger partial charge is 0.248 e. The summed E-state index contributed by atoms with van der Waals surface area (Å²) >= 11 is 7.03. The number of hydrogen-bond acceptors (Lipinski definition) is 7. The van der Waals surface area contributed by atoms with Gasteiger partial charge in [-0.3, -0.25) is 9.59 Å². The Morgan fingerprint density at radius 2 is 1.97 bits per heavy atom. The predicted molar refractivity (Wildman–Crippen MR) is 125 cm³/mol. The standard InChI is InChI=1S/C21H24ClFN4O5S2/c22-18-12-24-21(33-18)25-20(29)17(11-14-5-9-32-10-6-14)27-8-7-26(13-19(27)28)34(30,31)16-3-1-15(23)2-4-16/h1-4,12,14,17H,5-11,13H2,(H,24,25,29)/t17-/m1/s1. The highest BCUT2D eigenvalue weighted by atomic mass is 35.5. The van der Waals surface area contributed by atoms with Gasteiger partial charge in [-0.15, -0.1) is 0 Å². The Labute approximate surface area is 205 Å². The average Bonchev–Trinajstić information content (AvgIpc) is 3.23. The molecule has 1 N–H and O–H groups in total. The van der Waals surface area contributed by atoms with Crippen molar-refractivity contribution >= 4 is 49.9 Å². The first-order valence-corrected chi connectivity index (χ1v) is 13.4. The van der Waals surface area contributed by atoms with Crippen molar-refractivity contribution in [1.82, 2.24) is 14.2 Å². The summed E-state index contributed by atoms with van der Waals surface area (Å²) in [5.74, 6) is -1.22. The highest BCUT2D eigenvalue weighted by molar-refractivity contribution is 7.89. The van der Waals surface area contributed by atoms with E-state index in [1.54, 1.807) is 0 Å². The Balaban J connectivity index is 1.50. The van der Waals surface area contributed by atoms with Crippen molar-refractivity contribution in [2.45, 2.75) is 30.2 Å². The van der Waals surface area contributed by atoms with E-state index in [1.165, 1.54) is 23.2 Å². The number of hydrogen-bond donors (Lipinski definition) is 1. The van der Waals surface area contributed by atoms with Crippen molar-refractivity contribution < 1.29 is 27.1 Å². The molecule has 2 fully saturated rings. The minimum Gasteiger partial charge on any atom is -0.381 e. The molecular formula is C21H24ClFN4O5S2. The lowest BCUT2D eigenvalue weighted by atomic mass is 9.91. The molecule has 2 saturated heterocycles. The SMILES string of the molecule is O=C(Nc1ncc(Cl)s1)[C@@H](CC1CCOCC1)N1CCN(S(=O)(=O)c2ccc(F)cc2)CC1=O. The fraction of sp³-hybridized carbons (Fsp3) is 0.476. The number of carbonyl (C=O) groups is 2. The van der Waals surface area contributed by atoms with Crippen molar-refractivity contribution in [3.63, 3.8) is 0 Å². The Morgan fingerprint density at radius 1 is 1.26 bits per heavy atom. The molecule has 0 unspecified atom stereocenters. The number of aromatic nitrogens is 1. The summed E-state index contributed by atoms with van der Waals surface area (Å²) in [5, 5.41) is 3.06. The molecular weight excluding hydrogens is 507 g/mol. The first-order chi connectivity index (χ1) is 16.2. The molecule has 2 aliphatic heterocycles. The summed E-state index contributed by atoms with van der Waals surface area (Å²) < 4.78 is 46.0. The number of nitrogens with zero attached hydrogens (tertiary/aromatic N) is 3. The third kappa shape index (κ3) is 5.74. The van der Waals surface area contributed by atoms with Crippen molar-refractivity contribution in [3.05, 3.63) is 40.6 Å². The molecule has 184 valence electrons. The van der Waals surface area contributed by atoms with Gasteiger partial charge in [-0.25, -0.2) is 17.8 Å². The van der Waals surface area contributed by atoms with Crippen LogP contribution in [0.4, 0.5) is 9.52 Å². The Kier molecular flexibility index (Phi) is 7.83. The van der Waals surface area contributed by atoms with E-state index in [2.05, 4.69) is 10.3 Å². The summed E-state index contributed by atoms with van der Waals surface area (Å²) in [6.45, 7) is 0.864. The van der Waals surface area contributed by atoms with Gasteiger partial charge in [-0.1, -0.05) is 22.9 Å². The molecule has 3 heterocycles. The summed E-state index contributed by atoms with van der Waals surface area (Å²) in [7, 11) is -3.97. The maximum atomic E-state index is 13.2. The first-order valence-electron chi connectivity index (χ1n) is 10.8. The zero-order chi connectivity index (χ0) is 24.3. The third-order valence-electron chi connectivity index (χ3n) is 5.96. The summed E-state index contributed by atoms with van der Waals surface area (Å²) in [5.41, 5.74) is 0. The number of anilines is 1. The van der Waals surface area contributed by atoms with E-state index in [0.29, 0.717) is 29.1 Å². The number of rotatable bonds is 7. The van der Waals surface area contributed by atoms with Crippen LogP contribution in [-0.4, -0.2) is 73.3 Å². The summed E-state index contributed by atoms with van der Waals surface area (Å²) in [4.78, 5) is 31.7. The topological polar surface area (TPSA) is 109 Å². The van der Waals surface area contributed by atoms with E-state index >= 15 is 0 Å². The van der Waals surface area contributed by atoms with Gasteiger partial charge in [0.2, 0.25) is 21.8 Å². The van der Waals surface area contributed by atoms with Crippen molar-refractivity contribution in [2.75, 3.05) is 38.2 Å². The van der Waals surface area contributed by atoms with E-state index in [-0.39, 0.29) is 29.8 Å². The first kappa shape index (κ1) is 25.0. The van der Waals surface area contributed by atoms with Crippen LogP contribution >= 0.6 is 22.9 Å². The fourth-order valence-corrected chi connectivity index (χ4v) is 6.33. The minimum atomic E-state index is -3.97. The number of carbonyl (C=O) groups excluding carboxylic acids is 2. The van der Waals surface area contributed by atoms with Crippen molar-refractivity contribution in [2.24, 2.45) is 5.92 Å². The van der Waals surface area contributed by atoms with Crippen LogP contribution in [0.5, 0.6) is 0 Å². The van der Waals surface area contributed by atoms with Crippen LogP contribution in [0.3, 0.4) is 0 Å². The molecule has 2 aromatic rings. The number of nitrogens with one attached hydrogen (secondary N) is 1. The lowest BCUT2D eigenvalue weighted by Gasteiger charge is -2.39. The highest BCUT2D eigenvalue weighted by Gasteiger charge is 2.39. The maximum absolute atomic E-state index is 13.2. The molecule has 1 atom stereocenters. The maximum Gasteiger partial charge on any atom is 0.248 e. The van der Waals surface area contributed by atoms with E-state index in [1.807, 2.05) is 0 Å². The molecule has 0 spiro atoms. The van der Waals surface area contributed by atoms with Gasteiger partial charge in [-0.2, -0.15) is 4.31 Å². The Morgan fingerprint density at radius 3 is 2.59 bits per heavy atom. The Bertz CT molecular complexity index is 1140. The van der Waals surface area contributed by atoms with Gasteiger partial charge in [0.05, 0.1) is 17.6 Å². The van der Waals surface area contributed by atoms with Crippen LogP contribution in [0.1, 0.15) is 19.3 Å². The number of halogens is 2. The average molecular weight is 531 g/mol. The van der Waals surface area contributed by atoms with Crippen LogP contribution in [0.2, 0.25) is 4.34 Å². The molecule has 2 amide bonds. The van der Waals surface area contributed by atoms with E-state index in [0.717, 1.165) is 40.6 Å². The second kappa shape index (κ2) is 10.6. The van der Waals surface area contributed by atoms with E-state index in [4.69, 9.17) is 16.3 Å². The van der Waals surface area contributed by atoms with Crippen LogP contribution in [0.25, 0.3) is 0 Å². The normalized spacial score (nSPS) is 19.2. The lowest BCUT2D eigenvalue weighted by Crippen LogP contribution is -2.58. The molecule has 0 saturated carbocycles. The van der Waals surface area contributed by atoms with E-state index < -0.39 is 34.3 Å². The van der Waals surface area contributed by atoms with Crippen LogP contribution in [0.15, 0.2) is 35.4 Å². The van der Waals surface area contributed by atoms with Gasteiger partial charge < -0.3 is 15.0 Å². The molecule has 0 aliphatic carbocycles. The number of piperazine rings is 1. The van der Waals surface area contributed by atoms with Crippen molar-refractivity contribution in [3.8, 4) is 0 Å². The summed E-state index contributed by atoms with van der Waals surface area (Å²) in [6.07, 6.45) is 3.42. The minimum absolute atomic E-state index is 0.0199. The van der Waals surface area contributed by atoms with Crippen LogP contribution in [-0.2, 0) is 24.3 Å². The zero-order valence-electron chi connectivity index (χ0n) is 18.2. The molecule has 2 aliphatic rings. The molecule has 0 bridgehead atoms. The number of ether oxygens (including phenoxy) is 1. The third-order valence-corrected chi connectivity index (χ3v) is 8.85. The number of benzene rings is 1. The Hall–Kier alpha value is -2.12. The molecule has 1 aromatic heterocycles. The van der Waals surface area contributed by atoms with Crippen molar-refractivity contribution in [1.29, 1.82) is 0 Å². The summed E-state index contributed by atoms with van der Waals surface area (Å²) in [6, 6.07) is 3.67. The van der Waals surface area contributed by atoms with Crippen LogP contribution < -0.4 is 5.32 Å². The second-order valence-corrected chi connectivity index (χ2v) is 11.7. The van der Waals surface area contributed by atoms with Gasteiger partial charge in [-0.05, 0) is 49.4 Å². The number of sulfonamides is 1. The van der Waals surface area contributed by atoms with E-state index in [9.17, 15) is 22.4 Å². The predicted octanol–water partition coefficient (Wildman–Crippen LogP) is 2.59. The van der Waals surface area contributed by atoms with Gasteiger partial charge in [0, 0.05) is 26.3 Å². The number of thiazole rings is 1. The molecule has 1 aromatic carbocycles. The molecule has 0 radical (unpaired) electrons.